The van der Waals surface area contributed by atoms with E-state index in [4.69, 9.17) is 18.9 Å². The molecule has 2 heterocycles. The fourth-order valence-electron chi connectivity index (χ4n) is 3.77. The quantitative estimate of drug-likeness (QED) is 0.238. The molecule has 30 heavy (non-hydrogen) atoms. The molecule has 1 N–H and O–H groups in total. The number of hydrogen-bond donors (Lipinski definition) is 1. The van der Waals surface area contributed by atoms with Crippen LogP contribution in [0.3, 0.4) is 0 Å². The van der Waals surface area contributed by atoms with E-state index in [2.05, 4.69) is 15.2 Å². The molecule has 0 saturated carbocycles. The molecule has 0 atom stereocenters. The summed E-state index contributed by atoms with van der Waals surface area (Å²) >= 11 is 0. The van der Waals surface area contributed by atoms with Gasteiger partial charge in [-0.15, -0.1) is 24.0 Å². The molecule has 7 nitrogen and oxygen atoms in total. The molecule has 0 radical (unpaired) electrons. The van der Waals surface area contributed by atoms with Gasteiger partial charge in [0.05, 0.1) is 12.7 Å². The Morgan fingerprint density at radius 2 is 2.10 bits per heavy atom. The second kappa shape index (κ2) is 13.3. The number of nitrogens with zero attached hydrogens (tertiary/aromatic N) is 2. The van der Waals surface area contributed by atoms with Gasteiger partial charge in [-0.1, -0.05) is 0 Å². The first-order valence-electron chi connectivity index (χ1n) is 10.3. The largest absolute Gasteiger partial charge is 0.467 e. The van der Waals surface area contributed by atoms with Crippen LogP contribution in [0.4, 0.5) is 4.39 Å². The second-order valence-corrected chi connectivity index (χ2v) is 7.29. The average Bonchev–Trinajstić information content (AvgIpc) is 2.75. The Balaban J connectivity index is 0.00000320. The molecule has 1 aromatic rings. The zero-order valence-electron chi connectivity index (χ0n) is 17.8. The SMILES string of the molecule is CN=C(NCCc1cc(F)cc2c1OCOC2)N1CCC(OCCCOC)CC1.I. The molecular weight excluding hydrogens is 504 g/mol. The monoisotopic (exact) mass is 537 g/mol. The molecule has 0 bridgehead atoms. The number of benzene rings is 1. The molecule has 3 rings (SSSR count). The molecule has 1 aromatic carbocycles. The first-order chi connectivity index (χ1) is 14.2. The number of ether oxygens (including phenoxy) is 4. The Labute approximate surface area is 195 Å². The van der Waals surface area contributed by atoms with Gasteiger partial charge in [0, 0.05) is 52.6 Å². The minimum Gasteiger partial charge on any atom is -0.467 e. The number of methoxy groups -OCH3 is 1. The number of hydrogen-bond acceptors (Lipinski definition) is 5. The molecule has 9 heteroatoms. The average molecular weight is 537 g/mol. The number of halogens is 2. The number of rotatable bonds is 8. The van der Waals surface area contributed by atoms with Crippen molar-refractivity contribution in [2.24, 2.45) is 4.99 Å². The van der Waals surface area contributed by atoms with Crippen molar-refractivity contribution in [3.05, 3.63) is 29.1 Å². The third-order valence-electron chi connectivity index (χ3n) is 5.23. The lowest BCUT2D eigenvalue weighted by Gasteiger charge is -2.34. The van der Waals surface area contributed by atoms with Gasteiger partial charge in [0.15, 0.2) is 12.8 Å². The van der Waals surface area contributed by atoms with Gasteiger partial charge in [0.1, 0.15) is 11.6 Å². The lowest BCUT2D eigenvalue weighted by molar-refractivity contribution is -0.0172. The Bertz CT molecular complexity index is 684. The van der Waals surface area contributed by atoms with Crippen molar-refractivity contribution < 1.29 is 23.3 Å². The lowest BCUT2D eigenvalue weighted by atomic mass is 10.1. The summed E-state index contributed by atoms with van der Waals surface area (Å²) in [5.74, 6) is 1.36. The van der Waals surface area contributed by atoms with E-state index in [0.29, 0.717) is 25.7 Å². The second-order valence-electron chi connectivity index (χ2n) is 7.29. The van der Waals surface area contributed by atoms with E-state index in [1.54, 1.807) is 20.2 Å². The van der Waals surface area contributed by atoms with Crippen LogP contribution >= 0.6 is 24.0 Å². The highest BCUT2D eigenvalue weighted by molar-refractivity contribution is 14.0. The van der Waals surface area contributed by atoms with Crippen molar-refractivity contribution in [2.45, 2.75) is 38.4 Å². The van der Waals surface area contributed by atoms with Gasteiger partial charge in [-0.05, 0) is 43.4 Å². The predicted molar refractivity (Wildman–Crippen MR) is 124 cm³/mol. The summed E-state index contributed by atoms with van der Waals surface area (Å²) in [7, 11) is 3.50. The standard InChI is InChI=1S/C21H32FN3O4.HI/c1-23-21(25-8-5-19(6-9-25)28-11-3-10-26-2)24-7-4-16-12-18(22)13-17-14-27-15-29-20(16)17;/h12-13,19H,3-11,14-15H2,1-2H3,(H,23,24);1H. The smallest absolute Gasteiger partial charge is 0.193 e. The normalized spacial score (nSPS) is 17.2. The topological polar surface area (TPSA) is 64.6 Å². The van der Waals surface area contributed by atoms with Gasteiger partial charge in [-0.2, -0.15) is 0 Å². The Morgan fingerprint density at radius 3 is 2.83 bits per heavy atom. The Morgan fingerprint density at radius 1 is 1.30 bits per heavy atom. The molecule has 0 aromatic heterocycles. The molecule has 1 saturated heterocycles. The number of nitrogens with one attached hydrogen (secondary N) is 1. The predicted octanol–water partition coefficient (Wildman–Crippen LogP) is 2.95. The van der Waals surface area contributed by atoms with Crippen LogP contribution in [0.5, 0.6) is 5.75 Å². The van der Waals surface area contributed by atoms with Crippen molar-refractivity contribution >= 4 is 29.9 Å². The van der Waals surface area contributed by atoms with E-state index in [0.717, 1.165) is 68.4 Å². The van der Waals surface area contributed by atoms with Crippen LogP contribution in [-0.2, 0) is 27.2 Å². The van der Waals surface area contributed by atoms with Crippen molar-refractivity contribution in [1.29, 1.82) is 0 Å². The highest BCUT2D eigenvalue weighted by atomic mass is 127. The van der Waals surface area contributed by atoms with Gasteiger partial charge >= 0.3 is 0 Å². The summed E-state index contributed by atoms with van der Waals surface area (Å²) < 4.78 is 35.7. The van der Waals surface area contributed by atoms with E-state index < -0.39 is 0 Å². The Hall–Kier alpha value is -1.17. The number of fused-ring (bicyclic) bond motifs is 1. The molecule has 2 aliphatic rings. The van der Waals surface area contributed by atoms with E-state index in [1.807, 2.05) is 0 Å². The number of piperidine rings is 1. The van der Waals surface area contributed by atoms with Gasteiger partial charge in [-0.3, -0.25) is 4.99 Å². The van der Waals surface area contributed by atoms with Crippen molar-refractivity contribution in [2.75, 3.05) is 53.8 Å². The number of aliphatic imine (C=N–C) groups is 1. The summed E-state index contributed by atoms with van der Waals surface area (Å²) in [6.07, 6.45) is 3.86. The fraction of sp³-hybridized carbons (Fsp3) is 0.667. The molecule has 0 amide bonds. The van der Waals surface area contributed by atoms with Gasteiger partial charge in [0.2, 0.25) is 0 Å². The van der Waals surface area contributed by atoms with E-state index in [1.165, 1.54) is 6.07 Å². The summed E-state index contributed by atoms with van der Waals surface area (Å²) in [5, 5.41) is 3.40. The van der Waals surface area contributed by atoms with Gasteiger partial charge in [0.25, 0.3) is 0 Å². The third-order valence-corrected chi connectivity index (χ3v) is 5.23. The van der Waals surface area contributed by atoms with E-state index >= 15 is 0 Å². The zero-order valence-corrected chi connectivity index (χ0v) is 20.2. The number of guanidine groups is 1. The minimum atomic E-state index is -0.259. The van der Waals surface area contributed by atoms with E-state index in [9.17, 15) is 4.39 Å². The maximum Gasteiger partial charge on any atom is 0.193 e. The van der Waals surface area contributed by atoms with Crippen LogP contribution in [0.1, 0.15) is 30.4 Å². The van der Waals surface area contributed by atoms with E-state index in [-0.39, 0.29) is 36.6 Å². The van der Waals surface area contributed by atoms with Crippen LogP contribution in [0.2, 0.25) is 0 Å². The summed E-state index contributed by atoms with van der Waals surface area (Å²) in [6.45, 7) is 4.55. The summed E-state index contributed by atoms with van der Waals surface area (Å²) in [4.78, 5) is 6.66. The maximum atomic E-state index is 13.9. The van der Waals surface area contributed by atoms with Gasteiger partial charge < -0.3 is 29.2 Å². The zero-order chi connectivity index (χ0) is 20.5. The van der Waals surface area contributed by atoms with Crippen molar-refractivity contribution in [3.8, 4) is 5.75 Å². The highest BCUT2D eigenvalue weighted by Gasteiger charge is 2.22. The fourth-order valence-corrected chi connectivity index (χ4v) is 3.77. The molecule has 2 aliphatic heterocycles. The van der Waals surface area contributed by atoms with Gasteiger partial charge in [-0.25, -0.2) is 4.39 Å². The summed E-state index contributed by atoms with van der Waals surface area (Å²) in [6, 6.07) is 3.02. The molecule has 0 unspecified atom stereocenters. The van der Waals surface area contributed by atoms with Crippen molar-refractivity contribution in [3.63, 3.8) is 0 Å². The molecule has 170 valence electrons. The Kier molecular flexibility index (Phi) is 11.1. The molecule has 0 aliphatic carbocycles. The minimum absolute atomic E-state index is 0. The van der Waals surface area contributed by atoms with Crippen LogP contribution in [0.15, 0.2) is 17.1 Å². The summed E-state index contributed by atoms with van der Waals surface area (Å²) in [5.41, 5.74) is 1.62. The number of likely N-dealkylation sites (tertiary alicyclic amines) is 1. The van der Waals surface area contributed by atoms with Crippen LogP contribution in [0.25, 0.3) is 0 Å². The lowest BCUT2D eigenvalue weighted by Crippen LogP contribution is -2.47. The van der Waals surface area contributed by atoms with Crippen LogP contribution in [-0.4, -0.2) is 70.8 Å². The van der Waals surface area contributed by atoms with Crippen LogP contribution < -0.4 is 10.1 Å². The first kappa shape index (κ1) is 25.1. The van der Waals surface area contributed by atoms with Crippen molar-refractivity contribution in [1.82, 2.24) is 10.2 Å². The molecular formula is C21H33FIN3O4. The molecule has 1 fully saturated rings. The van der Waals surface area contributed by atoms with Crippen LogP contribution in [0, 0.1) is 5.82 Å². The first-order valence-corrected chi connectivity index (χ1v) is 10.3. The highest BCUT2D eigenvalue weighted by Crippen LogP contribution is 2.29. The molecule has 0 spiro atoms. The third kappa shape index (κ3) is 7.21. The maximum absolute atomic E-state index is 13.9.